The van der Waals surface area contributed by atoms with E-state index in [4.69, 9.17) is 0 Å². The third kappa shape index (κ3) is 4.21. The third-order valence-electron chi connectivity index (χ3n) is 4.48. The fourth-order valence-corrected chi connectivity index (χ4v) is 2.73. The molecular formula is C20H19F3N4O. The molecule has 0 bridgehead atoms. The van der Waals surface area contributed by atoms with Gasteiger partial charge in [0, 0.05) is 36.6 Å². The largest absolute Gasteiger partial charge is 0.416 e. The van der Waals surface area contributed by atoms with E-state index < -0.39 is 11.7 Å². The fourth-order valence-electron chi connectivity index (χ4n) is 2.73. The minimum atomic E-state index is -4.37. The number of aromatic amines is 1. The molecule has 0 unspecified atom stereocenters. The molecule has 0 spiro atoms. The zero-order chi connectivity index (χ0) is 20.5. The summed E-state index contributed by atoms with van der Waals surface area (Å²) < 4.78 is 38.6. The van der Waals surface area contributed by atoms with E-state index in [9.17, 15) is 18.0 Å². The van der Waals surface area contributed by atoms with Crippen LogP contribution in [0, 0.1) is 13.8 Å². The van der Waals surface area contributed by atoms with Crippen LogP contribution in [0.5, 0.6) is 0 Å². The summed E-state index contributed by atoms with van der Waals surface area (Å²) in [7, 11) is 1.75. The molecule has 0 aliphatic carbocycles. The average molecular weight is 388 g/mol. The van der Waals surface area contributed by atoms with Crippen LogP contribution in [0.3, 0.4) is 0 Å². The molecule has 5 nitrogen and oxygen atoms in total. The van der Waals surface area contributed by atoms with Gasteiger partial charge in [-0.25, -0.2) is 9.97 Å². The number of aryl methyl sites for hydroxylation is 1. The molecular weight excluding hydrogens is 369 g/mol. The lowest BCUT2D eigenvalue weighted by Crippen LogP contribution is -2.18. The molecule has 0 fully saturated rings. The van der Waals surface area contributed by atoms with Crippen LogP contribution < -0.4 is 10.5 Å². The van der Waals surface area contributed by atoms with Crippen molar-refractivity contribution in [2.24, 2.45) is 0 Å². The molecule has 2 heterocycles. The Morgan fingerprint density at radius 1 is 1.14 bits per heavy atom. The second kappa shape index (κ2) is 7.46. The Hall–Kier alpha value is -3.16. The molecule has 0 saturated carbocycles. The maximum atomic E-state index is 12.9. The summed E-state index contributed by atoms with van der Waals surface area (Å²) in [6, 6.07) is 8.72. The van der Waals surface area contributed by atoms with E-state index in [2.05, 4.69) is 15.0 Å². The molecule has 28 heavy (non-hydrogen) atoms. The Bertz CT molecular complexity index is 1040. The highest BCUT2D eigenvalue weighted by molar-refractivity contribution is 5.56. The second-order valence-corrected chi connectivity index (χ2v) is 6.58. The Kier molecular flexibility index (Phi) is 5.22. The van der Waals surface area contributed by atoms with Gasteiger partial charge in [-0.15, -0.1) is 0 Å². The van der Waals surface area contributed by atoms with Gasteiger partial charge < -0.3 is 9.88 Å². The number of halogens is 3. The number of benzene rings is 1. The van der Waals surface area contributed by atoms with E-state index >= 15 is 0 Å². The van der Waals surface area contributed by atoms with Crippen LogP contribution in [0.1, 0.15) is 22.4 Å². The first-order valence-corrected chi connectivity index (χ1v) is 8.56. The molecule has 0 atom stereocenters. The molecule has 8 heteroatoms. The van der Waals surface area contributed by atoms with Crippen molar-refractivity contribution in [1.29, 1.82) is 0 Å². The minimum absolute atomic E-state index is 0.201. The van der Waals surface area contributed by atoms with Crippen molar-refractivity contribution >= 4 is 5.82 Å². The predicted octanol–water partition coefficient (Wildman–Crippen LogP) is 4.10. The molecule has 146 valence electrons. The smallest absolute Gasteiger partial charge is 0.355 e. The zero-order valence-electron chi connectivity index (χ0n) is 15.6. The van der Waals surface area contributed by atoms with Crippen LogP contribution in [0.25, 0.3) is 11.4 Å². The number of rotatable bonds is 4. The topological polar surface area (TPSA) is 61.9 Å². The number of aromatic nitrogens is 3. The number of H-pyrrole nitrogens is 1. The standard InChI is InChI=1S/C20H19F3N4O/c1-12-13(2)25-18(26-19(12)28)15-7-8-17(24-10-15)27(3)11-14-5-4-6-16(9-14)20(21,22)23/h4-10H,11H2,1-3H3,(H,25,26,28). The molecule has 0 amide bonds. The summed E-state index contributed by atoms with van der Waals surface area (Å²) in [5.74, 6) is 1.01. The summed E-state index contributed by atoms with van der Waals surface area (Å²) in [6.07, 6.45) is -2.80. The van der Waals surface area contributed by atoms with E-state index in [1.807, 2.05) is 0 Å². The molecule has 1 N–H and O–H groups in total. The van der Waals surface area contributed by atoms with Crippen LogP contribution in [-0.4, -0.2) is 22.0 Å². The van der Waals surface area contributed by atoms with Crippen molar-refractivity contribution in [3.63, 3.8) is 0 Å². The van der Waals surface area contributed by atoms with Crippen molar-refractivity contribution in [3.05, 3.63) is 75.3 Å². The van der Waals surface area contributed by atoms with Crippen LogP contribution >= 0.6 is 0 Å². The number of pyridine rings is 1. The second-order valence-electron chi connectivity index (χ2n) is 6.58. The first-order chi connectivity index (χ1) is 13.1. The Morgan fingerprint density at radius 2 is 1.89 bits per heavy atom. The van der Waals surface area contributed by atoms with Crippen molar-refractivity contribution in [3.8, 4) is 11.4 Å². The van der Waals surface area contributed by atoms with Gasteiger partial charge in [-0.3, -0.25) is 4.79 Å². The Labute approximate surface area is 159 Å². The lowest BCUT2D eigenvalue weighted by Gasteiger charge is -2.19. The number of hydrogen-bond donors (Lipinski definition) is 1. The van der Waals surface area contributed by atoms with Crippen molar-refractivity contribution in [2.75, 3.05) is 11.9 Å². The summed E-state index contributed by atoms with van der Waals surface area (Å²) >= 11 is 0. The molecule has 0 aliphatic rings. The lowest BCUT2D eigenvalue weighted by atomic mass is 10.1. The minimum Gasteiger partial charge on any atom is -0.355 e. The van der Waals surface area contributed by atoms with Crippen LogP contribution in [0.2, 0.25) is 0 Å². The van der Waals surface area contributed by atoms with E-state index in [0.29, 0.717) is 34.0 Å². The normalized spacial score (nSPS) is 11.5. The summed E-state index contributed by atoms with van der Waals surface area (Å²) in [5, 5.41) is 0. The van der Waals surface area contributed by atoms with E-state index in [-0.39, 0.29) is 12.1 Å². The first-order valence-electron chi connectivity index (χ1n) is 8.56. The van der Waals surface area contributed by atoms with Gasteiger partial charge in [-0.1, -0.05) is 12.1 Å². The average Bonchev–Trinajstić information content (AvgIpc) is 2.65. The molecule has 3 rings (SSSR count). The van der Waals surface area contributed by atoms with Crippen molar-refractivity contribution in [2.45, 2.75) is 26.6 Å². The number of alkyl halides is 3. The van der Waals surface area contributed by atoms with E-state index in [1.54, 1.807) is 50.2 Å². The van der Waals surface area contributed by atoms with Gasteiger partial charge in [0.05, 0.1) is 5.56 Å². The number of anilines is 1. The van der Waals surface area contributed by atoms with Gasteiger partial charge in [0.2, 0.25) is 0 Å². The molecule has 0 radical (unpaired) electrons. The highest BCUT2D eigenvalue weighted by Crippen LogP contribution is 2.30. The van der Waals surface area contributed by atoms with Gasteiger partial charge >= 0.3 is 6.18 Å². The first kappa shape index (κ1) is 19.6. The summed E-state index contributed by atoms with van der Waals surface area (Å²) in [4.78, 5) is 25.1. The zero-order valence-corrected chi connectivity index (χ0v) is 15.6. The summed E-state index contributed by atoms with van der Waals surface area (Å²) in [6.45, 7) is 3.74. The van der Waals surface area contributed by atoms with Gasteiger partial charge in [0.1, 0.15) is 11.6 Å². The van der Waals surface area contributed by atoms with Crippen LogP contribution in [0.4, 0.5) is 19.0 Å². The number of nitrogens with one attached hydrogen (secondary N) is 1. The van der Waals surface area contributed by atoms with Gasteiger partial charge in [0.25, 0.3) is 5.56 Å². The molecule has 3 aromatic rings. The van der Waals surface area contributed by atoms with E-state index in [0.717, 1.165) is 12.1 Å². The molecule has 2 aromatic heterocycles. The maximum Gasteiger partial charge on any atom is 0.416 e. The van der Waals surface area contributed by atoms with Gasteiger partial charge in [0.15, 0.2) is 0 Å². The Balaban J connectivity index is 1.79. The van der Waals surface area contributed by atoms with Gasteiger partial charge in [-0.2, -0.15) is 13.2 Å². The van der Waals surface area contributed by atoms with Crippen molar-refractivity contribution in [1.82, 2.24) is 15.0 Å². The number of nitrogens with zero attached hydrogens (tertiary/aromatic N) is 3. The van der Waals surface area contributed by atoms with Crippen LogP contribution in [-0.2, 0) is 12.7 Å². The highest BCUT2D eigenvalue weighted by Gasteiger charge is 2.30. The molecule has 0 saturated heterocycles. The van der Waals surface area contributed by atoms with E-state index in [1.165, 1.54) is 6.07 Å². The fraction of sp³-hybridized carbons (Fsp3) is 0.250. The third-order valence-corrected chi connectivity index (χ3v) is 4.48. The van der Waals surface area contributed by atoms with Gasteiger partial charge in [-0.05, 0) is 43.7 Å². The van der Waals surface area contributed by atoms with Crippen LogP contribution in [0.15, 0.2) is 47.4 Å². The SMILES string of the molecule is Cc1nc(-c2ccc(N(C)Cc3cccc(C(F)(F)F)c3)nc2)[nH]c(=O)c1C. The predicted molar refractivity (Wildman–Crippen MR) is 101 cm³/mol. The Morgan fingerprint density at radius 3 is 2.50 bits per heavy atom. The molecule has 1 aromatic carbocycles. The summed E-state index contributed by atoms with van der Waals surface area (Å²) in [5.41, 5.74) is 1.51. The monoisotopic (exact) mass is 388 g/mol. The lowest BCUT2D eigenvalue weighted by molar-refractivity contribution is -0.137. The number of hydrogen-bond acceptors (Lipinski definition) is 4. The maximum absolute atomic E-state index is 12.9. The highest BCUT2D eigenvalue weighted by atomic mass is 19.4. The quantitative estimate of drug-likeness (QED) is 0.731. The molecule has 0 aliphatic heterocycles. The van der Waals surface area contributed by atoms with Crippen molar-refractivity contribution < 1.29 is 13.2 Å².